The van der Waals surface area contributed by atoms with E-state index in [0.717, 1.165) is 17.7 Å². The molecule has 0 aliphatic carbocycles. The summed E-state index contributed by atoms with van der Waals surface area (Å²) >= 11 is 0. The van der Waals surface area contributed by atoms with Gasteiger partial charge in [-0.3, -0.25) is 0 Å². The SMILES string of the molecule is CC(NC(=O)N1CCC(C)C(O)C1)c1cccc(-n2ccnc2)c1. The lowest BCUT2D eigenvalue weighted by molar-refractivity contribution is 0.0431. The second-order valence-corrected chi connectivity index (χ2v) is 6.52. The number of aromatic nitrogens is 2. The number of carbonyl (C=O) groups excluding carboxylic acids is 1. The molecular formula is C18H24N4O2. The van der Waals surface area contributed by atoms with E-state index in [0.29, 0.717) is 13.1 Å². The zero-order valence-corrected chi connectivity index (χ0v) is 14.1. The van der Waals surface area contributed by atoms with Gasteiger partial charge in [0.15, 0.2) is 0 Å². The maximum absolute atomic E-state index is 12.4. The predicted molar refractivity (Wildman–Crippen MR) is 91.9 cm³/mol. The summed E-state index contributed by atoms with van der Waals surface area (Å²) in [5.41, 5.74) is 2.04. The number of amides is 2. The lowest BCUT2D eigenvalue weighted by atomic mass is 9.96. The molecule has 1 aliphatic heterocycles. The van der Waals surface area contributed by atoms with Gasteiger partial charge in [0.1, 0.15) is 0 Å². The Bertz CT molecular complexity index is 686. The Hall–Kier alpha value is -2.34. The molecule has 128 valence electrons. The molecule has 6 heteroatoms. The number of benzene rings is 1. The van der Waals surface area contributed by atoms with Gasteiger partial charge in [0.05, 0.1) is 18.5 Å². The molecule has 1 aromatic heterocycles. The van der Waals surface area contributed by atoms with Crippen molar-refractivity contribution in [3.8, 4) is 5.69 Å². The van der Waals surface area contributed by atoms with E-state index in [1.165, 1.54) is 0 Å². The molecule has 2 aromatic rings. The zero-order chi connectivity index (χ0) is 17.1. The van der Waals surface area contributed by atoms with Crippen LogP contribution in [-0.4, -0.2) is 44.8 Å². The van der Waals surface area contributed by atoms with Crippen LogP contribution in [0.4, 0.5) is 4.79 Å². The number of rotatable bonds is 3. The van der Waals surface area contributed by atoms with Crippen molar-refractivity contribution in [1.29, 1.82) is 0 Å². The van der Waals surface area contributed by atoms with Crippen molar-refractivity contribution in [3.63, 3.8) is 0 Å². The topological polar surface area (TPSA) is 70.4 Å². The number of aliphatic hydroxyl groups excluding tert-OH is 1. The standard InChI is InChI=1S/C18H24N4O2/c1-13-6-8-21(11-17(13)23)18(24)20-14(2)15-4-3-5-16(10-15)22-9-7-19-12-22/h3-5,7,9-10,12-14,17,23H,6,8,11H2,1-2H3,(H,20,24). The number of piperidine rings is 1. The van der Waals surface area contributed by atoms with Gasteiger partial charge in [0.2, 0.25) is 0 Å². The van der Waals surface area contributed by atoms with Gasteiger partial charge in [-0.1, -0.05) is 19.1 Å². The van der Waals surface area contributed by atoms with Crippen LogP contribution in [0, 0.1) is 5.92 Å². The van der Waals surface area contributed by atoms with Gasteiger partial charge in [-0.25, -0.2) is 9.78 Å². The van der Waals surface area contributed by atoms with Crippen molar-refractivity contribution >= 4 is 6.03 Å². The first-order valence-electron chi connectivity index (χ1n) is 8.36. The van der Waals surface area contributed by atoms with Crippen LogP contribution in [0.2, 0.25) is 0 Å². The number of urea groups is 1. The van der Waals surface area contributed by atoms with Crippen LogP contribution >= 0.6 is 0 Å². The smallest absolute Gasteiger partial charge is 0.317 e. The molecule has 0 radical (unpaired) electrons. The second kappa shape index (κ2) is 7.05. The highest BCUT2D eigenvalue weighted by molar-refractivity contribution is 5.75. The fraction of sp³-hybridized carbons (Fsp3) is 0.444. The summed E-state index contributed by atoms with van der Waals surface area (Å²) in [5.74, 6) is 0.248. The molecule has 0 saturated carbocycles. The third-order valence-corrected chi connectivity index (χ3v) is 4.72. The van der Waals surface area contributed by atoms with Gasteiger partial charge in [-0.15, -0.1) is 0 Å². The van der Waals surface area contributed by atoms with E-state index < -0.39 is 6.10 Å². The zero-order valence-electron chi connectivity index (χ0n) is 14.1. The van der Waals surface area contributed by atoms with Gasteiger partial charge in [0, 0.05) is 31.2 Å². The van der Waals surface area contributed by atoms with E-state index in [1.807, 2.05) is 48.9 Å². The van der Waals surface area contributed by atoms with E-state index in [4.69, 9.17) is 0 Å². The summed E-state index contributed by atoms with van der Waals surface area (Å²) in [6, 6.07) is 7.78. The van der Waals surface area contributed by atoms with E-state index in [9.17, 15) is 9.90 Å². The van der Waals surface area contributed by atoms with E-state index in [1.54, 1.807) is 17.4 Å². The fourth-order valence-corrected chi connectivity index (χ4v) is 2.96. The Morgan fingerprint density at radius 1 is 1.46 bits per heavy atom. The highest BCUT2D eigenvalue weighted by Gasteiger charge is 2.27. The van der Waals surface area contributed by atoms with Crippen molar-refractivity contribution in [2.24, 2.45) is 5.92 Å². The van der Waals surface area contributed by atoms with Crippen molar-refractivity contribution in [2.75, 3.05) is 13.1 Å². The van der Waals surface area contributed by atoms with Gasteiger partial charge in [0.25, 0.3) is 0 Å². The Balaban J connectivity index is 1.65. The van der Waals surface area contributed by atoms with Crippen LogP contribution < -0.4 is 5.32 Å². The summed E-state index contributed by atoms with van der Waals surface area (Å²) in [6.07, 6.45) is 5.76. The van der Waals surface area contributed by atoms with Crippen molar-refractivity contribution in [3.05, 3.63) is 48.5 Å². The first-order valence-corrected chi connectivity index (χ1v) is 8.36. The number of hydrogen-bond acceptors (Lipinski definition) is 3. The first-order chi connectivity index (χ1) is 11.5. The average Bonchev–Trinajstić information content (AvgIpc) is 3.12. The van der Waals surface area contributed by atoms with Crippen LogP contribution in [0.25, 0.3) is 5.69 Å². The van der Waals surface area contributed by atoms with E-state index in [2.05, 4.69) is 10.3 Å². The lowest BCUT2D eigenvalue weighted by Gasteiger charge is -2.35. The van der Waals surface area contributed by atoms with Crippen molar-refractivity contribution in [2.45, 2.75) is 32.4 Å². The molecule has 0 bridgehead atoms. The summed E-state index contributed by atoms with van der Waals surface area (Å²) in [4.78, 5) is 18.2. The molecule has 1 aliphatic rings. The average molecular weight is 328 g/mol. The van der Waals surface area contributed by atoms with Crippen molar-refractivity contribution < 1.29 is 9.90 Å². The maximum Gasteiger partial charge on any atom is 0.317 e. The number of carbonyl (C=O) groups is 1. The normalized spacial score (nSPS) is 22.2. The summed E-state index contributed by atoms with van der Waals surface area (Å²) in [5, 5.41) is 13.0. The molecular weight excluding hydrogens is 304 g/mol. The molecule has 3 unspecified atom stereocenters. The first kappa shape index (κ1) is 16.5. The Labute approximate surface area is 142 Å². The molecule has 1 fully saturated rings. The van der Waals surface area contributed by atoms with Crippen LogP contribution in [0.1, 0.15) is 31.9 Å². The number of likely N-dealkylation sites (tertiary alicyclic amines) is 1. The maximum atomic E-state index is 12.4. The minimum absolute atomic E-state index is 0.113. The monoisotopic (exact) mass is 328 g/mol. The van der Waals surface area contributed by atoms with Gasteiger partial charge < -0.3 is 19.9 Å². The van der Waals surface area contributed by atoms with Crippen LogP contribution in [0.3, 0.4) is 0 Å². The van der Waals surface area contributed by atoms with Crippen LogP contribution in [-0.2, 0) is 0 Å². The van der Waals surface area contributed by atoms with Crippen LogP contribution in [0.15, 0.2) is 43.0 Å². The predicted octanol–water partition coefficient (Wildman–Crippen LogP) is 2.35. The minimum atomic E-state index is -0.440. The second-order valence-electron chi connectivity index (χ2n) is 6.52. The molecule has 0 spiro atoms. The number of aliphatic hydroxyl groups is 1. The quantitative estimate of drug-likeness (QED) is 0.908. The molecule has 1 saturated heterocycles. The summed E-state index contributed by atoms with van der Waals surface area (Å²) < 4.78 is 1.93. The minimum Gasteiger partial charge on any atom is -0.391 e. The highest BCUT2D eigenvalue weighted by atomic mass is 16.3. The lowest BCUT2D eigenvalue weighted by Crippen LogP contribution is -2.50. The fourth-order valence-electron chi connectivity index (χ4n) is 2.96. The molecule has 6 nitrogen and oxygen atoms in total. The Morgan fingerprint density at radius 3 is 3.00 bits per heavy atom. The summed E-state index contributed by atoms with van der Waals surface area (Å²) in [6.45, 7) is 5.07. The third-order valence-electron chi connectivity index (χ3n) is 4.72. The number of nitrogens with one attached hydrogen (secondary N) is 1. The Kier molecular flexibility index (Phi) is 4.85. The Morgan fingerprint density at radius 2 is 2.29 bits per heavy atom. The van der Waals surface area contributed by atoms with Gasteiger partial charge in [-0.05, 0) is 37.0 Å². The van der Waals surface area contributed by atoms with E-state index in [-0.39, 0.29) is 18.0 Å². The molecule has 1 aromatic carbocycles. The molecule has 2 amide bonds. The highest BCUT2D eigenvalue weighted by Crippen LogP contribution is 2.20. The number of imidazole rings is 1. The van der Waals surface area contributed by atoms with Gasteiger partial charge in [-0.2, -0.15) is 0 Å². The molecule has 2 heterocycles. The molecule has 24 heavy (non-hydrogen) atoms. The third kappa shape index (κ3) is 3.59. The number of nitrogens with zero attached hydrogens (tertiary/aromatic N) is 3. The van der Waals surface area contributed by atoms with Crippen LogP contribution in [0.5, 0.6) is 0 Å². The molecule has 2 N–H and O–H groups in total. The number of hydrogen-bond donors (Lipinski definition) is 2. The van der Waals surface area contributed by atoms with Gasteiger partial charge >= 0.3 is 6.03 Å². The largest absolute Gasteiger partial charge is 0.391 e. The molecule has 3 atom stereocenters. The number of β-amino-alcohol motifs (C(OH)–C–C–N with tert-alkyl or cyclic N) is 1. The van der Waals surface area contributed by atoms with Crippen molar-refractivity contribution in [1.82, 2.24) is 19.8 Å². The molecule has 3 rings (SSSR count). The summed E-state index contributed by atoms with van der Waals surface area (Å²) in [7, 11) is 0. The van der Waals surface area contributed by atoms with E-state index >= 15 is 0 Å².